The van der Waals surface area contributed by atoms with Crippen LogP contribution in [-0.4, -0.2) is 22.6 Å². The third kappa shape index (κ3) is 4.03. The largest absolute Gasteiger partial charge is 0.481 e. The number of esters is 1. The molecule has 0 aromatic heterocycles. The molecule has 1 unspecified atom stereocenters. The normalized spacial score (nSPS) is 14.4. The molecular formula is C14H18FNO4. The van der Waals surface area contributed by atoms with Gasteiger partial charge >= 0.3 is 11.9 Å². The summed E-state index contributed by atoms with van der Waals surface area (Å²) in [5, 5.41) is 8.95. The Balaban J connectivity index is 3.22. The number of ether oxygens (including phenoxy) is 1. The molecule has 1 atom stereocenters. The van der Waals surface area contributed by atoms with E-state index in [1.54, 1.807) is 20.8 Å². The number of carboxylic acids is 1. The van der Waals surface area contributed by atoms with Crippen LogP contribution in [0.4, 0.5) is 4.39 Å². The predicted octanol–water partition coefficient (Wildman–Crippen LogP) is 1.80. The van der Waals surface area contributed by atoms with Crippen LogP contribution >= 0.6 is 0 Å². The molecular weight excluding hydrogens is 265 g/mol. The molecule has 110 valence electrons. The first-order valence-corrected chi connectivity index (χ1v) is 6.05. The van der Waals surface area contributed by atoms with Gasteiger partial charge in [-0.3, -0.25) is 4.79 Å². The van der Waals surface area contributed by atoms with Crippen molar-refractivity contribution in [3.05, 3.63) is 35.6 Å². The van der Waals surface area contributed by atoms with Crippen LogP contribution in [0.3, 0.4) is 0 Å². The van der Waals surface area contributed by atoms with Gasteiger partial charge in [0.2, 0.25) is 0 Å². The molecule has 0 spiro atoms. The molecule has 6 heteroatoms. The Morgan fingerprint density at radius 1 is 1.35 bits per heavy atom. The van der Waals surface area contributed by atoms with E-state index in [0.717, 1.165) is 6.07 Å². The Kier molecular flexibility index (Phi) is 4.50. The van der Waals surface area contributed by atoms with Gasteiger partial charge < -0.3 is 15.6 Å². The Morgan fingerprint density at radius 2 is 1.95 bits per heavy atom. The van der Waals surface area contributed by atoms with Crippen LogP contribution in [0, 0.1) is 5.82 Å². The van der Waals surface area contributed by atoms with Crippen LogP contribution in [0.25, 0.3) is 0 Å². The molecule has 0 saturated carbocycles. The van der Waals surface area contributed by atoms with E-state index in [4.69, 9.17) is 15.6 Å². The highest BCUT2D eigenvalue weighted by Gasteiger charge is 2.42. The molecule has 0 radical (unpaired) electrons. The smallest absolute Gasteiger partial charge is 0.331 e. The number of hydrogen-bond acceptors (Lipinski definition) is 4. The average Bonchev–Trinajstić information content (AvgIpc) is 2.25. The number of aliphatic carboxylic acids is 1. The number of carboxylic acid groups (broad SMARTS) is 1. The van der Waals surface area contributed by atoms with E-state index in [1.807, 2.05) is 0 Å². The van der Waals surface area contributed by atoms with Crippen LogP contribution in [-0.2, 0) is 19.9 Å². The van der Waals surface area contributed by atoms with Gasteiger partial charge in [0.05, 0.1) is 6.42 Å². The molecule has 0 aliphatic carbocycles. The summed E-state index contributed by atoms with van der Waals surface area (Å²) in [6.45, 7) is 4.91. The lowest BCUT2D eigenvalue weighted by molar-refractivity contribution is -0.165. The van der Waals surface area contributed by atoms with Crippen molar-refractivity contribution in [3.8, 4) is 0 Å². The number of nitrogens with two attached hydrogens (primary N) is 1. The number of carbonyl (C=O) groups excluding carboxylic acids is 1. The minimum atomic E-state index is -1.93. The Labute approximate surface area is 116 Å². The van der Waals surface area contributed by atoms with E-state index in [2.05, 4.69) is 0 Å². The first-order valence-electron chi connectivity index (χ1n) is 6.05. The monoisotopic (exact) mass is 283 g/mol. The van der Waals surface area contributed by atoms with Crippen molar-refractivity contribution in [1.82, 2.24) is 0 Å². The first-order chi connectivity index (χ1) is 9.04. The third-order valence-corrected chi connectivity index (χ3v) is 2.53. The second-order valence-electron chi connectivity index (χ2n) is 5.55. The van der Waals surface area contributed by atoms with Crippen LogP contribution in [0.1, 0.15) is 32.8 Å². The van der Waals surface area contributed by atoms with E-state index in [-0.39, 0.29) is 5.56 Å². The van der Waals surface area contributed by atoms with E-state index < -0.39 is 35.3 Å². The third-order valence-electron chi connectivity index (χ3n) is 2.53. The summed E-state index contributed by atoms with van der Waals surface area (Å²) in [5.74, 6) is -2.79. The molecule has 0 aliphatic heterocycles. The topological polar surface area (TPSA) is 89.6 Å². The molecule has 0 aliphatic rings. The summed E-state index contributed by atoms with van der Waals surface area (Å²) in [7, 11) is 0. The zero-order valence-electron chi connectivity index (χ0n) is 11.6. The van der Waals surface area contributed by atoms with Gasteiger partial charge in [0.15, 0.2) is 5.54 Å². The lowest BCUT2D eigenvalue weighted by Crippen LogP contribution is -2.49. The summed E-state index contributed by atoms with van der Waals surface area (Å²) in [4.78, 5) is 23.2. The zero-order chi connectivity index (χ0) is 15.6. The van der Waals surface area contributed by atoms with Crippen molar-refractivity contribution in [1.29, 1.82) is 0 Å². The fourth-order valence-corrected chi connectivity index (χ4v) is 1.67. The van der Waals surface area contributed by atoms with Gasteiger partial charge in [-0.25, -0.2) is 9.18 Å². The van der Waals surface area contributed by atoms with Crippen molar-refractivity contribution in [2.24, 2.45) is 5.73 Å². The SMILES string of the molecule is CC(C)(C)OC(=O)C(N)(CC(=O)O)c1cccc(F)c1. The average molecular weight is 283 g/mol. The Bertz CT molecular complexity index is 524. The molecule has 1 aromatic carbocycles. The molecule has 0 heterocycles. The highest BCUT2D eigenvalue weighted by molar-refractivity contribution is 5.87. The molecule has 1 aromatic rings. The van der Waals surface area contributed by atoms with Crippen molar-refractivity contribution >= 4 is 11.9 Å². The van der Waals surface area contributed by atoms with E-state index in [1.165, 1.54) is 18.2 Å². The first kappa shape index (κ1) is 16.1. The number of benzene rings is 1. The number of halogens is 1. The maximum atomic E-state index is 13.3. The summed E-state index contributed by atoms with van der Waals surface area (Å²) in [6.07, 6.45) is -0.689. The van der Waals surface area contributed by atoms with E-state index >= 15 is 0 Å². The van der Waals surface area contributed by atoms with E-state index in [0.29, 0.717) is 0 Å². The fraction of sp³-hybridized carbons (Fsp3) is 0.429. The second-order valence-corrected chi connectivity index (χ2v) is 5.55. The summed E-state index contributed by atoms with van der Waals surface area (Å²) in [6, 6.07) is 4.97. The van der Waals surface area contributed by atoms with Crippen molar-refractivity contribution in [2.45, 2.75) is 38.3 Å². The Hall–Kier alpha value is -1.95. The predicted molar refractivity (Wildman–Crippen MR) is 70.4 cm³/mol. The highest BCUT2D eigenvalue weighted by atomic mass is 19.1. The lowest BCUT2D eigenvalue weighted by Gasteiger charge is -2.30. The van der Waals surface area contributed by atoms with Crippen LogP contribution in [0.15, 0.2) is 24.3 Å². The number of carbonyl (C=O) groups is 2. The minimum absolute atomic E-state index is 0.0640. The van der Waals surface area contributed by atoms with Crippen LogP contribution < -0.4 is 5.73 Å². The van der Waals surface area contributed by atoms with Crippen LogP contribution in [0.2, 0.25) is 0 Å². The standard InChI is InChI=1S/C14H18FNO4/c1-13(2,3)20-12(19)14(16,8-11(17)18)9-5-4-6-10(15)7-9/h4-7H,8,16H2,1-3H3,(H,17,18). The molecule has 3 N–H and O–H groups in total. The van der Waals surface area contributed by atoms with Gasteiger partial charge in [0, 0.05) is 0 Å². The van der Waals surface area contributed by atoms with Crippen molar-refractivity contribution in [2.75, 3.05) is 0 Å². The molecule has 20 heavy (non-hydrogen) atoms. The summed E-state index contributed by atoms with van der Waals surface area (Å²) >= 11 is 0. The molecule has 0 fully saturated rings. The highest BCUT2D eigenvalue weighted by Crippen LogP contribution is 2.27. The quantitative estimate of drug-likeness (QED) is 0.822. The second kappa shape index (κ2) is 5.58. The Morgan fingerprint density at radius 3 is 2.40 bits per heavy atom. The molecule has 5 nitrogen and oxygen atoms in total. The maximum Gasteiger partial charge on any atom is 0.331 e. The molecule has 0 saturated heterocycles. The molecule has 1 rings (SSSR count). The van der Waals surface area contributed by atoms with Gasteiger partial charge in [-0.1, -0.05) is 12.1 Å². The summed E-state index contributed by atoms with van der Waals surface area (Å²) < 4.78 is 18.4. The van der Waals surface area contributed by atoms with Gasteiger partial charge in [-0.05, 0) is 38.5 Å². The van der Waals surface area contributed by atoms with Gasteiger partial charge in [0.1, 0.15) is 11.4 Å². The molecule has 0 amide bonds. The maximum absolute atomic E-state index is 13.3. The van der Waals surface area contributed by atoms with Crippen molar-refractivity contribution < 1.29 is 23.8 Å². The molecule has 0 bridgehead atoms. The van der Waals surface area contributed by atoms with Gasteiger partial charge in [-0.2, -0.15) is 0 Å². The number of rotatable bonds is 4. The van der Waals surface area contributed by atoms with Gasteiger partial charge in [-0.15, -0.1) is 0 Å². The van der Waals surface area contributed by atoms with E-state index in [9.17, 15) is 14.0 Å². The lowest BCUT2D eigenvalue weighted by atomic mass is 9.87. The van der Waals surface area contributed by atoms with Crippen LogP contribution in [0.5, 0.6) is 0 Å². The zero-order valence-corrected chi connectivity index (χ0v) is 11.6. The fourth-order valence-electron chi connectivity index (χ4n) is 1.67. The van der Waals surface area contributed by atoms with Gasteiger partial charge in [0.25, 0.3) is 0 Å². The minimum Gasteiger partial charge on any atom is -0.481 e. The number of hydrogen-bond donors (Lipinski definition) is 2. The van der Waals surface area contributed by atoms with Crippen molar-refractivity contribution in [3.63, 3.8) is 0 Å². The summed E-state index contributed by atoms with van der Waals surface area (Å²) in [5.41, 5.74) is 3.23.